The van der Waals surface area contributed by atoms with Crippen LogP contribution in [0.4, 0.5) is 14.5 Å². The molecule has 1 N–H and O–H groups in total. The lowest BCUT2D eigenvalue weighted by atomic mass is 10.2. The van der Waals surface area contributed by atoms with Crippen LogP contribution >= 0.6 is 0 Å². The van der Waals surface area contributed by atoms with Crippen LogP contribution in [0.15, 0.2) is 48.5 Å². The molecule has 0 unspecified atom stereocenters. The zero-order valence-corrected chi connectivity index (χ0v) is 14.0. The summed E-state index contributed by atoms with van der Waals surface area (Å²) in [5, 5.41) is 2.80. The second-order valence-corrected chi connectivity index (χ2v) is 5.45. The molecule has 2 rings (SSSR count). The van der Waals surface area contributed by atoms with E-state index in [1.807, 2.05) is 30.3 Å². The van der Waals surface area contributed by atoms with Crippen molar-refractivity contribution >= 4 is 11.6 Å². The van der Waals surface area contributed by atoms with Gasteiger partial charge in [0.15, 0.2) is 11.5 Å². The average molecular weight is 350 g/mol. The second kappa shape index (κ2) is 8.98. The fourth-order valence-corrected chi connectivity index (χ4v) is 2.34. The number of amides is 1. The highest BCUT2D eigenvalue weighted by Crippen LogP contribution is 2.29. The number of nitrogens with zero attached hydrogens (tertiary/aromatic N) is 1. The number of carbonyl (C=O) groups is 1. The first-order valence-corrected chi connectivity index (χ1v) is 7.63. The number of benzene rings is 2. The first kappa shape index (κ1) is 18.7. The molecule has 0 fully saturated rings. The van der Waals surface area contributed by atoms with E-state index in [1.54, 1.807) is 24.1 Å². The van der Waals surface area contributed by atoms with Crippen molar-refractivity contribution in [3.63, 3.8) is 0 Å². The fourth-order valence-electron chi connectivity index (χ4n) is 2.34. The highest BCUT2D eigenvalue weighted by Gasteiger charge is 2.13. The zero-order valence-electron chi connectivity index (χ0n) is 14.0. The highest BCUT2D eigenvalue weighted by molar-refractivity contribution is 5.92. The van der Waals surface area contributed by atoms with Crippen LogP contribution in [-0.2, 0) is 11.3 Å². The van der Waals surface area contributed by atoms with Crippen molar-refractivity contribution in [2.45, 2.75) is 13.2 Å². The molecule has 0 spiro atoms. The van der Waals surface area contributed by atoms with Gasteiger partial charge in [-0.15, -0.1) is 0 Å². The molecule has 25 heavy (non-hydrogen) atoms. The van der Waals surface area contributed by atoms with Gasteiger partial charge in [-0.3, -0.25) is 9.69 Å². The summed E-state index contributed by atoms with van der Waals surface area (Å²) in [5.41, 5.74) is 1.55. The summed E-state index contributed by atoms with van der Waals surface area (Å²) in [4.78, 5) is 13.8. The maximum Gasteiger partial charge on any atom is 0.387 e. The van der Waals surface area contributed by atoms with Gasteiger partial charge in [0, 0.05) is 12.2 Å². The Morgan fingerprint density at radius 1 is 1.16 bits per heavy atom. The van der Waals surface area contributed by atoms with Gasteiger partial charge in [0.05, 0.1) is 13.7 Å². The molecule has 0 aliphatic carbocycles. The van der Waals surface area contributed by atoms with Crippen LogP contribution in [-0.4, -0.2) is 38.1 Å². The minimum Gasteiger partial charge on any atom is -0.493 e. The van der Waals surface area contributed by atoms with E-state index in [-0.39, 0.29) is 24.0 Å². The molecule has 1 amide bonds. The van der Waals surface area contributed by atoms with E-state index in [9.17, 15) is 13.6 Å². The largest absolute Gasteiger partial charge is 0.493 e. The van der Waals surface area contributed by atoms with Crippen LogP contribution in [0.1, 0.15) is 5.56 Å². The second-order valence-electron chi connectivity index (χ2n) is 5.45. The number of carbonyl (C=O) groups excluding carboxylic acids is 1. The molecule has 134 valence electrons. The molecule has 0 bridgehead atoms. The summed E-state index contributed by atoms with van der Waals surface area (Å²) >= 11 is 0. The van der Waals surface area contributed by atoms with E-state index >= 15 is 0 Å². The molecular weight excluding hydrogens is 330 g/mol. The number of methoxy groups -OCH3 is 1. The molecule has 0 radical (unpaired) electrons. The van der Waals surface area contributed by atoms with Crippen molar-refractivity contribution in [1.82, 2.24) is 4.90 Å². The van der Waals surface area contributed by atoms with Gasteiger partial charge in [0.1, 0.15) is 0 Å². The number of likely N-dealkylation sites (N-methyl/N-ethyl adjacent to an activating group) is 1. The van der Waals surface area contributed by atoms with E-state index < -0.39 is 6.61 Å². The Hall–Kier alpha value is -2.67. The maximum atomic E-state index is 12.3. The molecule has 0 saturated carbocycles. The predicted molar refractivity (Wildman–Crippen MR) is 91.0 cm³/mol. The van der Waals surface area contributed by atoms with Crippen LogP contribution in [0.3, 0.4) is 0 Å². The van der Waals surface area contributed by atoms with Gasteiger partial charge >= 0.3 is 6.61 Å². The van der Waals surface area contributed by atoms with Gasteiger partial charge in [-0.2, -0.15) is 8.78 Å². The lowest BCUT2D eigenvalue weighted by Crippen LogP contribution is -2.29. The van der Waals surface area contributed by atoms with Crippen molar-refractivity contribution in [2.24, 2.45) is 0 Å². The lowest BCUT2D eigenvalue weighted by molar-refractivity contribution is -0.117. The number of nitrogens with one attached hydrogen (secondary N) is 1. The molecule has 0 saturated heterocycles. The number of alkyl halides is 2. The van der Waals surface area contributed by atoms with Crippen molar-refractivity contribution < 1.29 is 23.0 Å². The summed E-state index contributed by atoms with van der Waals surface area (Å²) < 4.78 is 34.1. The minimum absolute atomic E-state index is 0.0225. The molecule has 0 atom stereocenters. The van der Waals surface area contributed by atoms with Crippen LogP contribution in [0.5, 0.6) is 11.5 Å². The van der Waals surface area contributed by atoms with Gasteiger partial charge < -0.3 is 14.8 Å². The van der Waals surface area contributed by atoms with Crippen molar-refractivity contribution in [3.8, 4) is 11.5 Å². The SMILES string of the molecule is COc1cc(CN(C)CC(=O)Nc2ccccc2)ccc1OC(F)F. The number of halogens is 2. The van der Waals surface area contributed by atoms with Gasteiger partial charge in [0.25, 0.3) is 0 Å². The van der Waals surface area contributed by atoms with Gasteiger partial charge in [0.2, 0.25) is 5.91 Å². The molecule has 0 aliphatic heterocycles. The van der Waals surface area contributed by atoms with Gasteiger partial charge in [-0.1, -0.05) is 24.3 Å². The summed E-state index contributed by atoms with van der Waals surface area (Å²) in [6, 6.07) is 13.9. The Labute approximate surface area is 145 Å². The van der Waals surface area contributed by atoms with Gasteiger partial charge in [-0.05, 0) is 36.9 Å². The number of rotatable bonds is 8. The summed E-state index contributed by atoms with van der Waals surface area (Å²) in [7, 11) is 3.18. The molecule has 2 aromatic carbocycles. The van der Waals surface area contributed by atoms with Gasteiger partial charge in [-0.25, -0.2) is 0 Å². The van der Waals surface area contributed by atoms with Crippen LogP contribution in [0, 0.1) is 0 Å². The first-order valence-electron chi connectivity index (χ1n) is 7.63. The number of anilines is 1. The quantitative estimate of drug-likeness (QED) is 0.793. The molecular formula is C18H20F2N2O3. The van der Waals surface area contributed by atoms with E-state index in [0.29, 0.717) is 6.54 Å². The molecule has 5 nitrogen and oxygen atoms in total. The lowest BCUT2D eigenvalue weighted by Gasteiger charge is -2.18. The monoisotopic (exact) mass is 350 g/mol. The van der Waals surface area contributed by atoms with E-state index in [4.69, 9.17) is 4.74 Å². The van der Waals surface area contributed by atoms with Crippen molar-refractivity contribution in [1.29, 1.82) is 0 Å². The smallest absolute Gasteiger partial charge is 0.387 e. The third kappa shape index (κ3) is 6.04. The average Bonchev–Trinajstić information content (AvgIpc) is 2.56. The fraction of sp³-hybridized carbons (Fsp3) is 0.278. The molecule has 0 aliphatic rings. The zero-order chi connectivity index (χ0) is 18.2. The summed E-state index contributed by atoms with van der Waals surface area (Å²) in [6.45, 7) is -2.27. The molecule has 0 heterocycles. The number of hydrogen-bond donors (Lipinski definition) is 1. The highest BCUT2D eigenvalue weighted by atomic mass is 19.3. The predicted octanol–water partition coefficient (Wildman–Crippen LogP) is 3.37. The Bertz CT molecular complexity index is 696. The number of ether oxygens (including phenoxy) is 2. The minimum atomic E-state index is -2.91. The van der Waals surface area contributed by atoms with Crippen LogP contribution < -0.4 is 14.8 Å². The summed E-state index contributed by atoms with van der Waals surface area (Å²) in [6.07, 6.45) is 0. The summed E-state index contributed by atoms with van der Waals surface area (Å²) in [5.74, 6) is 0.0592. The topological polar surface area (TPSA) is 50.8 Å². The van der Waals surface area contributed by atoms with E-state index in [2.05, 4.69) is 10.1 Å². The van der Waals surface area contributed by atoms with Crippen LogP contribution in [0.2, 0.25) is 0 Å². The standard InChI is InChI=1S/C18H20F2N2O3/c1-22(12-17(23)21-14-6-4-3-5-7-14)11-13-8-9-15(25-18(19)20)16(10-13)24-2/h3-10,18H,11-12H2,1-2H3,(H,21,23). The number of hydrogen-bond acceptors (Lipinski definition) is 4. The number of para-hydroxylation sites is 1. The van der Waals surface area contributed by atoms with Crippen molar-refractivity contribution in [2.75, 3.05) is 26.0 Å². The Kier molecular flexibility index (Phi) is 6.71. The maximum absolute atomic E-state index is 12.3. The molecule has 7 heteroatoms. The Balaban J connectivity index is 1.93. The van der Waals surface area contributed by atoms with Crippen LogP contribution in [0.25, 0.3) is 0 Å². The third-order valence-corrected chi connectivity index (χ3v) is 3.37. The third-order valence-electron chi connectivity index (χ3n) is 3.37. The Morgan fingerprint density at radius 2 is 1.88 bits per heavy atom. The molecule has 0 aromatic heterocycles. The van der Waals surface area contributed by atoms with E-state index in [1.165, 1.54) is 13.2 Å². The molecule has 2 aromatic rings. The van der Waals surface area contributed by atoms with Crippen molar-refractivity contribution in [3.05, 3.63) is 54.1 Å². The normalized spacial score (nSPS) is 10.8. The Morgan fingerprint density at radius 3 is 2.52 bits per heavy atom. The van der Waals surface area contributed by atoms with E-state index in [0.717, 1.165) is 11.3 Å². The first-order chi connectivity index (χ1) is 12.0.